The molecule has 1 aliphatic rings. The number of ether oxygens (including phenoxy) is 10. The van der Waals surface area contributed by atoms with E-state index in [9.17, 15) is 9.59 Å². The third-order valence-corrected chi connectivity index (χ3v) is 10.7. The Morgan fingerprint density at radius 3 is 2.24 bits per heavy atom. The molecule has 0 aromatic heterocycles. The van der Waals surface area contributed by atoms with Crippen LogP contribution >= 0.6 is 0 Å². The summed E-state index contributed by atoms with van der Waals surface area (Å²) in [6.45, 7) is 12.9. The second-order valence-corrected chi connectivity index (χ2v) is 21.2. The molecular formula is C45H60O12Si. The Hall–Kier alpha value is -4.50. The SMILES string of the molecule is COCOc1cc(/C=C/CC2OC(C)(C)OC2C(/C=C\CC(C)OCc2ccc(OC)cc2)OC(=O)c2ccccc2)c(C(=O)OCC[Si](C)(C)C)c(OCOC)c1. The number of methoxy groups -OCH3 is 3. The summed E-state index contributed by atoms with van der Waals surface area (Å²) in [6.07, 6.45) is 6.19. The second kappa shape index (κ2) is 22.6. The van der Waals surface area contributed by atoms with Crippen LogP contribution in [0.3, 0.4) is 0 Å². The highest BCUT2D eigenvalue weighted by molar-refractivity contribution is 6.76. The lowest BCUT2D eigenvalue weighted by molar-refractivity contribution is -0.152. The number of esters is 2. The van der Waals surface area contributed by atoms with E-state index in [0.29, 0.717) is 36.3 Å². The van der Waals surface area contributed by atoms with Crippen LogP contribution in [0.1, 0.15) is 65.5 Å². The molecule has 12 nitrogen and oxygen atoms in total. The van der Waals surface area contributed by atoms with Gasteiger partial charge in [0, 0.05) is 28.4 Å². The third-order valence-electron chi connectivity index (χ3n) is 9.02. The molecule has 316 valence electrons. The van der Waals surface area contributed by atoms with Gasteiger partial charge in [-0.2, -0.15) is 0 Å². The highest BCUT2D eigenvalue weighted by Gasteiger charge is 2.45. The lowest BCUT2D eigenvalue weighted by atomic mass is 10.0. The first-order valence-corrected chi connectivity index (χ1v) is 23.2. The normalized spacial score (nSPS) is 17.6. The van der Waals surface area contributed by atoms with Crippen molar-refractivity contribution < 1.29 is 57.0 Å². The molecule has 58 heavy (non-hydrogen) atoms. The summed E-state index contributed by atoms with van der Waals surface area (Å²) in [5.74, 6) is -0.549. The Bertz CT molecular complexity index is 1790. The number of carbonyl (C=O) groups excluding carboxylic acids is 2. The lowest BCUT2D eigenvalue weighted by Crippen LogP contribution is -2.37. The minimum atomic E-state index is -1.47. The lowest BCUT2D eigenvalue weighted by Gasteiger charge is -2.24. The minimum Gasteiger partial charge on any atom is -0.497 e. The van der Waals surface area contributed by atoms with Gasteiger partial charge in [0.25, 0.3) is 0 Å². The Morgan fingerprint density at radius 2 is 1.57 bits per heavy atom. The number of benzene rings is 3. The van der Waals surface area contributed by atoms with Gasteiger partial charge in [-0.15, -0.1) is 0 Å². The first-order valence-electron chi connectivity index (χ1n) is 19.5. The highest BCUT2D eigenvalue weighted by atomic mass is 28.3. The van der Waals surface area contributed by atoms with Gasteiger partial charge in [-0.3, -0.25) is 0 Å². The van der Waals surface area contributed by atoms with Gasteiger partial charge in [-0.05, 0) is 87.2 Å². The maximum Gasteiger partial charge on any atom is 0.342 e. The quantitative estimate of drug-likeness (QED) is 0.0393. The van der Waals surface area contributed by atoms with E-state index in [2.05, 4.69) is 19.6 Å². The Balaban J connectivity index is 1.59. The maximum atomic E-state index is 13.7. The van der Waals surface area contributed by atoms with Crippen molar-refractivity contribution in [1.29, 1.82) is 0 Å². The van der Waals surface area contributed by atoms with Crippen molar-refractivity contribution in [1.82, 2.24) is 0 Å². The summed E-state index contributed by atoms with van der Waals surface area (Å²) in [5, 5.41) is 0. The molecule has 0 N–H and O–H groups in total. The van der Waals surface area contributed by atoms with E-state index in [1.165, 1.54) is 14.2 Å². The molecule has 0 amide bonds. The van der Waals surface area contributed by atoms with Gasteiger partial charge < -0.3 is 47.4 Å². The van der Waals surface area contributed by atoms with Crippen LogP contribution in [0.25, 0.3) is 6.08 Å². The Labute approximate surface area is 344 Å². The second-order valence-electron chi connectivity index (χ2n) is 15.6. The number of carbonyl (C=O) groups is 2. The van der Waals surface area contributed by atoms with Crippen molar-refractivity contribution >= 4 is 26.1 Å². The van der Waals surface area contributed by atoms with Gasteiger partial charge in [-0.25, -0.2) is 9.59 Å². The van der Waals surface area contributed by atoms with Crippen molar-refractivity contribution in [3.05, 3.63) is 107 Å². The zero-order chi connectivity index (χ0) is 42.1. The van der Waals surface area contributed by atoms with E-state index in [-0.39, 0.29) is 37.6 Å². The van der Waals surface area contributed by atoms with Crippen LogP contribution in [0.4, 0.5) is 0 Å². The van der Waals surface area contributed by atoms with Crippen molar-refractivity contribution in [2.75, 3.05) is 41.5 Å². The van der Waals surface area contributed by atoms with E-state index in [1.54, 1.807) is 49.6 Å². The van der Waals surface area contributed by atoms with Crippen LogP contribution in [0.2, 0.25) is 25.7 Å². The first kappa shape index (κ1) is 46.2. The summed E-state index contributed by atoms with van der Waals surface area (Å²) < 4.78 is 58.1. The molecule has 3 aromatic rings. The molecule has 0 aliphatic carbocycles. The van der Waals surface area contributed by atoms with E-state index >= 15 is 0 Å². The molecule has 4 rings (SSSR count). The van der Waals surface area contributed by atoms with E-state index < -0.39 is 44.1 Å². The molecule has 1 heterocycles. The number of hydrogen-bond acceptors (Lipinski definition) is 12. The average molecular weight is 821 g/mol. The standard InChI is InChI=1S/C45H60O12Si/c1-32(52-29-33-21-23-36(50-6)24-22-33)15-13-19-38(55-43(46)34-16-11-10-12-17-34)42-39(56-45(2,3)57-42)20-14-18-35-27-37(53-30-48-4)28-40(54-31-49-5)41(35)44(47)51-25-26-58(7,8)9/h10-14,16-19,21-24,27-28,32,38-39,42H,15,20,25-26,29-31H2,1-9H3/b18-14+,19-13-. The summed E-state index contributed by atoms with van der Waals surface area (Å²) >= 11 is 0. The summed E-state index contributed by atoms with van der Waals surface area (Å²) in [4.78, 5) is 27.1. The fourth-order valence-electron chi connectivity index (χ4n) is 6.00. The van der Waals surface area contributed by atoms with Crippen LogP contribution in [0, 0.1) is 0 Å². The van der Waals surface area contributed by atoms with Crippen LogP contribution in [0.5, 0.6) is 17.2 Å². The van der Waals surface area contributed by atoms with Gasteiger partial charge in [0.05, 0.1) is 38.1 Å². The predicted octanol–water partition coefficient (Wildman–Crippen LogP) is 8.86. The van der Waals surface area contributed by atoms with Gasteiger partial charge in [0.15, 0.2) is 19.4 Å². The molecule has 0 spiro atoms. The fourth-order valence-corrected chi connectivity index (χ4v) is 6.71. The maximum absolute atomic E-state index is 13.7. The van der Waals surface area contributed by atoms with E-state index in [4.69, 9.17) is 47.4 Å². The fraction of sp³-hybridized carbons (Fsp3) is 0.467. The van der Waals surface area contributed by atoms with Gasteiger partial charge in [-0.1, -0.05) is 68.2 Å². The average Bonchev–Trinajstić information content (AvgIpc) is 3.51. The zero-order valence-electron chi connectivity index (χ0n) is 35.3. The highest BCUT2D eigenvalue weighted by Crippen LogP contribution is 2.35. The molecule has 3 aromatic carbocycles. The molecule has 1 fully saturated rings. The first-order chi connectivity index (χ1) is 27.7. The number of rotatable bonds is 23. The summed E-state index contributed by atoms with van der Waals surface area (Å²) in [7, 11) is 3.18. The van der Waals surface area contributed by atoms with Crippen LogP contribution in [-0.2, 0) is 39.8 Å². The summed E-state index contributed by atoms with van der Waals surface area (Å²) in [6, 6.07) is 20.7. The molecular weight excluding hydrogens is 761 g/mol. The van der Waals surface area contributed by atoms with E-state index in [1.807, 2.05) is 69.3 Å². The third kappa shape index (κ3) is 15.0. The molecule has 0 radical (unpaired) electrons. The number of hydrogen-bond donors (Lipinski definition) is 0. The van der Waals surface area contributed by atoms with Gasteiger partial charge in [0.1, 0.15) is 35.0 Å². The Morgan fingerprint density at radius 1 is 0.862 bits per heavy atom. The van der Waals surface area contributed by atoms with Crippen LogP contribution < -0.4 is 14.2 Å². The van der Waals surface area contributed by atoms with Gasteiger partial charge >= 0.3 is 11.9 Å². The van der Waals surface area contributed by atoms with Crippen LogP contribution in [-0.4, -0.2) is 91.7 Å². The molecule has 0 saturated carbocycles. The van der Waals surface area contributed by atoms with Crippen molar-refractivity contribution in [3.63, 3.8) is 0 Å². The largest absolute Gasteiger partial charge is 0.497 e. The van der Waals surface area contributed by atoms with Gasteiger partial charge in [0.2, 0.25) is 0 Å². The molecule has 4 atom stereocenters. The molecule has 13 heteroatoms. The smallest absolute Gasteiger partial charge is 0.342 e. The topological polar surface area (TPSA) is 126 Å². The molecule has 1 aliphatic heterocycles. The van der Waals surface area contributed by atoms with E-state index in [0.717, 1.165) is 17.4 Å². The minimum absolute atomic E-state index is 0.0128. The molecule has 4 unspecified atom stereocenters. The Kier molecular flexibility index (Phi) is 18.0. The van der Waals surface area contributed by atoms with Crippen molar-refractivity contribution in [2.45, 2.75) is 96.1 Å². The van der Waals surface area contributed by atoms with Crippen LogP contribution in [0.15, 0.2) is 85.0 Å². The summed E-state index contributed by atoms with van der Waals surface area (Å²) in [5.41, 5.74) is 2.18. The zero-order valence-corrected chi connectivity index (χ0v) is 36.3. The molecule has 1 saturated heterocycles. The predicted molar refractivity (Wildman–Crippen MR) is 224 cm³/mol. The van der Waals surface area contributed by atoms with Crippen molar-refractivity contribution in [2.24, 2.45) is 0 Å². The molecule has 0 bridgehead atoms. The monoisotopic (exact) mass is 820 g/mol. The van der Waals surface area contributed by atoms with Crippen molar-refractivity contribution in [3.8, 4) is 17.2 Å².